The Morgan fingerprint density at radius 1 is 1.08 bits per heavy atom. The average molecular weight is 396 g/mol. The first kappa shape index (κ1) is 20.2. The first-order valence-corrected chi connectivity index (χ1v) is 9.87. The van der Waals surface area contributed by atoms with E-state index in [1.165, 1.54) is 24.0 Å². The van der Waals surface area contributed by atoms with Gasteiger partial charge in [0, 0.05) is 50.5 Å². The quantitative estimate of drug-likeness (QED) is 0.782. The number of carbonyl (C=O) groups excluding carboxylic acids is 1. The summed E-state index contributed by atoms with van der Waals surface area (Å²) in [6.07, 6.45) is 0. The molecule has 0 atom stereocenters. The van der Waals surface area contributed by atoms with Gasteiger partial charge in [0.1, 0.15) is 0 Å². The van der Waals surface area contributed by atoms with Gasteiger partial charge in [-0.2, -0.15) is 0 Å². The van der Waals surface area contributed by atoms with E-state index in [1.54, 1.807) is 12.1 Å². The molecule has 0 spiro atoms. The topological polar surface area (TPSA) is 69.7 Å². The van der Waals surface area contributed by atoms with Crippen molar-refractivity contribution in [2.75, 3.05) is 37.0 Å². The molecule has 0 aliphatic carbocycles. The lowest BCUT2D eigenvalue weighted by atomic mass is 10.2. The Labute approximate surface area is 159 Å². The molecule has 2 aromatic carbocycles. The molecule has 0 heterocycles. The van der Waals surface area contributed by atoms with Crippen LogP contribution >= 0.6 is 11.6 Å². The first-order valence-electron chi connectivity index (χ1n) is 8.01. The zero-order chi connectivity index (χ0) is 19.3. The van der Waals surface area contributed by atoms with Crippen LogP contribution in [0.2, 0.25) is 5.02 Å². The van der Waals surface area contributed by atoms with Gasteiger partial charge in [-0.1, -0.05) is 17.7 Å². The lowest BCUT2D eigenvalue weighted by Gasteiger charge is -2.22. The number of halogens is 1. The summed E-state index contributed by atoms with van der Waals surface area (Å²) in [5.74, 6) is -0.162. The van der Waals surface area contributed by atoms with Crippen LogP contribution in [0.5, 0.6) is 0 Å². The van der Waals surface area contributed by atoms with Crippen molar-refractivity contribution in [2.24, 2.45) is 0 Å². The van der Waals surface area contributed by atoms with E-state index >= 15 is 0 Å². The summed E-state index contributed by atoms with van der Waals surface area (Å²) in [7, 11) is 0.182. The van der Waals surface area contributed by atoms with Gasteiger partial charge in [0.25, 0.3) is 0 Å². The molecule has 0 bridgehead atoms. The molecular weight excluding hydrogens is 374 g/mol. The van der Waals surface area contributed by atoms with Gasteiger partial charge in [0.05, 0.1) is 4.90 Å². The smallest absolute Gasteiger partial charge is 0.240 e. The predicted molar refractivity (Wildman–Crippen MR) is 105 cm³/mol. The number of amides is 1. The lowest BCUT2D eigenvalue weighted by Crippen LogP contribution is -2.37. The standard InChI is InChI=1S/C18H22ClN3O3S/c1-14(23)22(17-9-7-16(8-10-17)21(2)3)12-11-20-26(24,25)18-6-4-5-15(19)13-18/h4-10,13,20H,11-12H2,1-3H3. The van der Waals surface area contributed by atoms with Crippen LogP contribution in [0, 0.1) is 0 Å². The van der Waals surface area contributed by atoms with Crippen molar-refractivity contribution >= 4 is 38.9 Å². The Kier molecular flexibility index (Phi) is 6.63. The monoisotopic (exact) mass is 395 g/mol. The summed E-state index contributed by atoms with van der Waals surface area (Å²) in [6.45, 7) is 1.76. The molecule has 6 nitrogen and oxygen atoms in total. The fraction of sp³-hybridized carbons (Fsp3) is 0.278. The van der Waals surface area contributed by atoms with Crippen molar-refractivity contribution in [1.29, 1.82) is 0 Å². The highest BCUT2D eigenvalue weighted by atomic mass is 35.5. The number of carbonyl (C=O) groups is 1. The summed E-state index contributed by atoms with van der Waals surface area (Å²) in [4.78, 5) is 15.5. The maximum atomic E-state index is 12.3. The number of nitrogens with one attached hydrogen (secondary N) is 1. The zero-order valence-corrected chi connectivity index (χ0v) is 16.5. The maximum Gasteiger partial charge on any atom is 0.240 e. The molecule has 140 valence electrons. The molecule has 0 aromatic heterocycles. The van der Waals surface area contributed by atoms with Crippen molar-refractivity contribution < 1.29 is 13.2 Å². The summed E-state index contributed by atoms with van der Waals surface area (Å²) in [6, 6.07) is 13.5. The molecule has 2 rings (SSSR count). The van der Waals surface area contributed by atoms with Crippen LogP contribution in [-0.2, 0) is 14.8 Å². The highest BCUT2D eigenvalue weighted by Gasteiger charge is 2.16. The third kappa shape index (κ3) is 5.20. The second kappa shape index (κ2) is 8.53. The van der Waals surface area contributed by atoms with Gasteiger partial charge in [-0.15, -0.1) is 0 Å². The Morgan fingerprint density at radius 3 is 2.23 bits per heavy atom. The van der Waals surface area contributed by atoms with Gasteiger partial charge < -0.3 is 9.80 Å². The Morgan fingerprint density at radius 2 is 1.69 bits per heavy atom. The average Bonchev–Trinajstić information content (AvgIpc) is 2.58. The second-order valence-corrected chi connectivity index (χ2v) is 8.14. The van der Waals surface area contributed by atoms with Gasteiger partial charge in [0.15, 0.2) is 0 Å². The molecular formula is C18H22ClN3O3S. The fourth-order valence-corrected chi connectivity index (χ4v) is 3.73. The lowest BCUT2D eigenvalue weighted by molar-refractivity contribution is -0.116. The highest BCUT2D eigenvalue weighted by molar-refractivity contribution is 7.89. The van der Waals surface area contributed by atoms with Gasteiger partial charge in [-0.05, 0) is 42.5 Å². The van der Waals surface area contributed by atoms with Crippen molar-refractivity contribution in [1.82, 2.24) is 4.72 Å². The van der Waals surface area contributed by atoms with Gasteiger partial charge in [-0.25, -0.2) is 13.1 Å². The molecule has 1 amide bonds. The van der Waals surface area contributed by atoms with Crippen molar-refractivity contribution in [3.05, 3.63) is 53.6 Å². The predicted octanol–water partition coefficient (Wildman–Crippen LogP) is 2.74. The number of sulfonamides is 1. The SMILES string of the molecule is CC(=O)N(CCNS(=O)(=O)c1cccc(Cl)c1)c1ccc(N(C)C)cc1. The number of rotatable bonds is 7. The van der Waals surface area contributed by atoms with Crippen molar-refractivity contribution in [3.8, 4) is 0 Å². The molecule has 0 saturated heterocycles. The Balaban J connectivity index is 2.06. The third-order valence-corrected chi connectivity index (χ3v) is 5.49. The third-order valence-electron chi connectivity index (χ3n) is 3.79. The number of hydrogen-bond acceptors (Lipinski definition) is 4. The molecule has 8 heteroatoms. The van der Waals surface area contributed by atoms with E-state index in [1.807, 2.05) is 43.3 Å². The van der Waals surface area contributed by atoms with Crippen molar-refractivity contribution in [2.45, 2.75) is 11.8 Å². The highest BCUT2D eigenvalue weighted by Crippen LogP contribution is 2.20. The van der Waals surface area contributed by atoms with Crippen LogP contribution in [0.4, 0.5) is 11.4 Å². The van der Waals surface area contributed by atoms with Crippen LogP contribution in [0.15, 0.2) is 53.4 Å². The molecule has 26 heavy (non-hydrogen) atoms. The van der Waals surface area contributed by atoms with Gasteiger partial charge in [0.2, 0.25) is 15.9 Å². The first-order chi connectivity index (χ1) is 12.2. The second-order valence-electron chi connectivity index (χ2n) is 5.94. The molecule has 0 fully saturated rings. The van der Waals surface area contributed by atoms with Gasteiger partial charge in [-0.3, -0.25) is 4.79 Å². The molecule has 1 N–H and O–H groups in total. The van der Waals surface area contributed by atoms with E-state index in [0.717, 1.165) is 5.69 Å². The Bertz CT molecular complexity index is 868. The minimum atomic E-state index is -3.68. The van der Waals surface area contributed by atoms with Crippen LogP contribution < -0.4 is 14.5 Å². The molecule has 0 aliphatic rings. The van der Waals surface area contributed by atoms with Crippen molar-refractivity contribution in [3.63, 3.8) is 0 Å². The summed E-state index contributed by atoms with van der Waals surface area (Å²) in [5, 5.41) is 0.346. The summed E-state index contributed by atoms with van der Waals surface area (Å²) in [5.41, 5.74) is 1.73. The zero-order valence-electron chi connectivity index (χ0n) is 14.9. The minimum Gasteiger partial charge on any atom is -0.378 e. The molecule has 0 aliphatic heterocycles. The number of benzene rings is 2. The van der Waals surface area contributed by atoms with E-state index < -0.39 is 10.0 Å². The van der Waals surface area contributed by atoms with E-state index in [0.29, 0.717) is 10.7 Å². The molecule has 2 aromatic rings. The van der Waals surface area contributed by atoms with Gasteiger partial charge >= 0.3 is 0 Å². The Hall–Kier alpha value is -2.09. The van der Waals surface area contributed by atoms with Crippen LogP contribution in [0.1, 0.15) is 6.92 Å². The van der Waals surface area contributed by atoms with Crippen LogP contribution in [0.3, 0.4) is 0 Å². The van der Waals surface area contributed by atoms with E-state index in [4.69, 9.17) is 11.6 Å². The molecule has 0 unspecified atom stereocenters. The number of anilines is 2. The van der Waals surface area contributed by atoms with Crippen LogP contribution in [0.25, 0.3) is 0 Å². The number of nitrogens with zero attached hydrogens (tertiary/aromatic N) is 2. The molecule has 0 saturated carbocycles. The van der Waals surface area contributed by atoms with E-state index in [2.05, 4.69) is 4.72 Å². The van der Waals surface area contributed by atoms with Crippen LogP contribution in [-0.4, -0.2) is 41.5 Å². The fourth-order valence-electron chi connectivity index (χ4n) is 2.41. The van der Waals surface area contributed by atoms with E-state index in [9.17, 15) is 13.2 Å². The van der Waals surface area contributed by atoms with E-state index in [-0.39, 0.29) is 23.9 Å². The molecule has 0 radical (unpaired) electrons. The largest absolute Gasteiger partial charge is 0.378 e. The summed E-state index contributed by atoms with van der Waals surface area (Å²) < 4.78 is 27.1. The maximum absolute atomic E-state index is 12.3. The minimum absolute atomic E-state index is 0.0872. The summed E-state index contributed by atoms with van der Waals surface area (Å²) >= 11 is 5.84. The number of hydrogen-bond donors (Lipinski definition) is 1. The normalized spacial score (nSPS) is 11.2.